The lowest BCUT2D eigenvalue weighted by atomic mass is 9.99. The minimum Gasteiger partial charge on any atom is -0.461 e. The second-order valence-corrected chi connectivity index (χ2v) is 13.8. The van der Waals surface area contributed by atoms with Gasteiger partial charge >= 0.3 is 0 Å². The SMILES string of the molecule is C=C/C=C\C(=C\c1ccc2oc3c4ccccc4ccc3c2c1)N(C/C=C\c1c(C)oc2ccccc12)c1ccc(-c2cccc(-c3ccccc3)c2)cc1. The monoisotopic (exact) mass is 709 g/mol. The minimum absolute atomic E-state index is 0.623. The summed E-state index contributed by atoms with van der Waals surface area (Å²) in [4.78, 5) is 2.34. The third-order valence-electron chi connectivity index (χ3n) is 10.3. The molecule has 0 aliphatic heterocycles. The summed E-state index contributed by atoms with van der Waals surface area (Å²) < 4.78 is 12.5. The fourth-order valence-corrected chi connectivity index (χ4v) is 7.54. The fraction of sp³-hybridized carbons (Fsp3) is 0.0385. The molecule has 9 rings (SSSR count). The molecular weight excluding hydrogens is 671 g/mol. The molecule has 55 heavy (non-hydrogen) atoms. The summed E-state index contributed by atoms with van der Waals surface area (Å²) in [7, 11) is 0. The molecule has 0 aliphatic carbocycles. The maximum atomic E-state index is 6.44. The van der Waals surface area contributed by atoms with Gasteiger partial charge in [-0.25, -0.2) is 0 Å². The van der Waals surface area contributed by atoms with E-state index < -0.39 is 0 Å². The summed E-state index contributed by atoms with van der Waals surface area (Å²) in [6, 6.07) is 55.5. The Morgan fingerprint density at radius 1 is 0.600 bits per heavy atom. The molecule has 2 aromatic heterocycles. The van der Waals surface area contributed by atoms with E-state index in [9.17, 15) is 0 Å². The Balaban J connectivity index is 1.12. The zero-order chi connectivity index (χ0) is 37.1. The lowest BCUT2D eigenvalue weighted by molar-refractivity contribution is 0.577. The molecule has 2 heterocycles. The fourth-order valence-electron chi connectivity index (χ4n) is 7.54. The van der Waals surface area contributed by atoms with Crippen molar-refractivity contribution in [1.29, 1.82) is 0 Å². The normalized spacial score (nSPS) is 12.2. The van der Waals surface area contributed by atoms with E-state index in [4.69, 9.17) is 8.83 Å². The third-order valence-corrected chi connectivity index (χ3v) is 10.3. The summed E-state index contributed by atoms with van der Waals surface area (Å²) in [5, 5.41) is 5.61. The first-order valence-corrected chi connectivity index (χ1v) is 18.7. The molecule has 0 spiro atoms. The molecule has 0 aliphatic rings. The summed E-state index contributed by atoms with van der Waals surface area (Å²) in [6.45, 7) is 6.65. The van der Waals surface area contributed by atoms with Crippen molar-refractivity contribution in [2.24, 2.45) is 0 Å². The van der Waals surface area contributed by atoms with Crippen LogP contribution in [0, 0.1) is 6.92 Å². The lowest BCUT2D eigenvalue weighted by Gasteiger charge is -2.25. The second-order valence-electron chi connectivity index (χ2n) is 13.8. The zero-order valence-corrected chi connectivity index (χ0v) is 30.7. The van der Waals surface area contributed by atoms with Crippen LogP contribution in [0.5, 0.6) is 0 Å². The van der Waals surface area contributed by atoms with E-state index >= 15 is 0 Å². The number of furan rings is 2. The average molecular weight is 710 g/mol. The largest absolute Gasteiger partial charge is 0.461 e. The number of allylic oxidation sites excluding steroid dienone is 3. The first-order valence-electron chi connectivity index (χ1n) is 18.7. The molecule has 9 aromatic rings. The van der Waals surface area contributed by atoms with Crippen LogP contribution in [0.2, 0.25) is 0 Å². The average Bonchev–Trinajstić information content (AvgIpc) is 3.78. The van der Waals surface area contributed by atoms with Gasteiger partial charge in [-0.05, 0) is 94.7 Å². The highest BCUT2D eigenvalue weighted by Gasteiger charge is 2.14. The summed E-state index contributed by atoms with van der Waals surface area (Å²) >= 11 is 0. The van der Waals surface area contributed by atoms with E-state index in [1.807, 2.05) is 31.2 Å². The number of nitrogens with zero attached hydrogens (tertiary/aromatic N) is 1. The number of para-hydroxylation sites is 1. The predicted molar refractivity (Wildman–Crippen MR) is 233 cm³/mol. The number of aryl methyl sites for hydroxylation is 1. The number of hydrogen-bond acceptors (Lipinski definition) is 3. The molecule has 3 heteroatoms. The molecule has 264 valence electrons. The Morgan fingerprint density at radius 3 is 2.13 bits per heavy atom. The van der Waals surface area contributed by atoms with Crippen LogP contribution in [0.15, 0.2) is 203 Å². The van der Waals surface area contributed by atoms with Crippen LogP contribution in [-0.4, -0.2) is 6.54 Å². The molecule has 0 N–H and O–H groups in total. The number of hydrogen-bond donors (Lipinski definition) is 0. The van der Waals surface area contributed by atoms with Crippen molar-refractivity contribution < 1.29 is 8.83 Å². The Labute approximate surface area is 321 Å². The zero-order valence-electron chi connectivity index (χ0n) is 30.7. The molecule has 7 aromatic carbocycles. The highest BCUT2D eigenvalue weighted by molar-refractivity contribution is 6.15. The molecule has 0 amide bonds. The lowest BCUT2D eigenvalue weighted by Crippen LogP contribution is -2.21. The van der Waals surface area contributed by atoms with Gasteiger partial charge in [0.1, 0.15) is 22.5 Å². The van der Waals surface area contributed by atoms with Crippen LogP contribution in [0.3, 0.4) is 0 Å². The van der Waals surface area contributed by atoms with Gasteiger partial charge in [0, 0.05) is 45.0 Å². The standard InChI is InChI=1S/C52H39NO2/c1-3-4-19-44(33-37-24-31-51-49(34-37)48-30-27-40-16-8-9-20-46(40)52(48)55-51)53(32-13-22-45-36(2)54-50-23-11-10-21-47(45)50)43-28-25-39(26-29-43)42-18-12-17-41(35-42)38-14-6-5-7-15-38/h3-31,33-35H,1,32H2,2H3/b19-4-,22-13-,44-33-. The Hall–Kier alpha value is -7.10. The van der Waals surface area contributed by atoms with Gasteiger partial charge in [0.25, 0.3) is 0 Å². The van der Waals surface area contributed by atoms with Crippen molar-refractivity contribution in [3.05, 3.63) is 211 Å². The quantitative estimate of drug-likeness (QED) is 0.132. The van der Waals surface area contributed by atoms with Gasteiger partial charge in [-0.2, -0.15) is 0 Å². The van der Waals surface area contributed by atoms with Gasteiger partial charge in [-0.1, -0.05) is 146 Å². The summed E-state index contributed by atoms with van der Waals surface area (Å²) in [5.74, 6) is 0.904. The van der Waals surface area contributed by atoms with E-state index in [0.29, 0.717) is 6.54 Å². The molecule has 0 unspecified atom stereocenters. The summed E-state index contributed by atoms with van der Waals surface area (Å²) in [6.07, 6.45) is 12.6. The first kappa shape index (κ1) is 33.7. The Kier molecular flexibility index (Phi) is 9.03. The van der Waals surface area contributed by atoms with Crippen molar-refractivity contribution in [3.63, 3.8) is 0 Å². The van der Waals surface area contributed by atoms with Crippen molar-refractivity contribution in [2.45, 2.75) is 6.92 Å². The number of anilines is 1. The van der Waals surface area contributed by atoms with Gasteiger partial charge in [0.2, 0.25) is 0 Å². The molecule has 0 saturated carbocycles. The topological polar surface area (TPSA) is 29.5 Å². The van der Waals surface area contributed by atoms with Gasteiger partial charge in [0.15, 0.2) is 0 Å². The van der Waals surface area contributed by atoms with Crippen LogP contribution >= 0.6 is 0 Å². The van der Waals surface area contributed by atoms with E-state index in [2.05, 4.69) is 181 Å². The Bertz CT molecular complexity index is 2920. The van der Waals surface area contributed by atoms with E-state index in [0.717, 1.165) is 72.1 Å². The van der Waals surface area contributed by atoms with Crippen LogP contribution in [0.1, 0.15) is 16.9 Å². The molecular formula is C52H39NO2. The number of benzene rings is 7. The van der Waals surface area contributed by atoms with Crippen LogP contribution in [0.25, 0.3) is 78.1 Å². The van der Waals surface area contributed by atoms with Crippen LogP contribution in [0.4, 0.5) is 5.69 Å². The summed E-state index contributed by atoms with van der Waals surface area (Å²) in [5.41, 5.74) is 11.7. The van der Waals surface area contributed by atoms with Crippen LogP contribution in [-0.2, 0) is 0 Å². The predicted octanol–water partition coefficient (Wildman–Crippen LogP) is 14.4. The van der Waals surface area contributed by atoms with Gasteiger partial charge in [0.05, 0.1) is 0 Å². The van der Waals surface area contributed by atoms with Crippen LogP contribution < -0.4 is 4.90 Å². The molecule has 0 fully saturated rings. The molecule has 3 nitrogen and oxygen atoms in total. The van der Waals surface area contributed by atoms with Gasteiger partial charge in [-0.3, -0.25) is 0 Å². The molecule has 0 bridgehead atoms. The van der Waals surface area contributed by atoms with Crippen molar-refractivity contribution >= 4 is 61.5 Å². The molecule has 0 atom stereocenters. The van der Waals surface area contributed by atoms with Crippen molar-refractivity contribution in [1.82, 2.24) is 0 Å². The maximum Gasteiger partial charge on any atom is 0.143 e. The number of rotatable bonds is 10. The smallest absolute Gasteiger partial charge is 0.143 e. The molecule has 0 saturated heterocycles. The number of fused-ring (bicyclic) bond motifs is 6. The molecule has 0 radical (unpaired) electrons. The van der Waals surface area contributed by atoms with Crippen molar-refractivity contribution in [3.8, 4) is 22.3 Å². The van der Waals surface area contributed by atoms with Crippen molar-refractivity contribution in [2.75, 3.05) is 11.4 Å². The highest BCUT2D eigenvalue weighted by Crippen LogP contribution is 2.36. The maximum absolute atomic E-state index is 6.44. The second kappa shape index (κ2) is 14.7. The first-order chi connectivity index (χ1) is 27.1. The van der Waals surface area contributed by atoms with E-state index in [1.54, 1.807) is 0 Å². The third kappa shape index (κ3) is 6.69. The highest BCUT2D eigenvalue weighted by atomic mass is 16.3. The van der Waals surface area contributed by atoms with E-state index in [-0.39, 0.29) is 0 Å². The Morgan fingerprint density at radius 2 is 1.31 bits per heavy atom. The van der Waals surface area contributed by atoms with E-state index in [1.165, 1.54) is 22.1 Å². The van der Waals surface area contributed by atoms with Gasteiger partial charge in [-0.15, -0.1) is 0 Å². The minimum atomic E-state index is 0.623. The van der Waals surface area contributed by atoms with Gasteiger partial charge < -0.3 is 13.7 Å².